The molecule has 0 fully saturated rings. The predicted molar refractivity (Wildman–Crippen MR) is 276 cm³/mol. The average molecular weight is 845 g/mol. The van der Waals surface area contributed by atoms with E-state index < -0.39 is 0 Å². The first-order chi connectivity index (χ1) is 31.9. The highest BCUT2D eigenvalue weighted by Crippen LogP contribution is 2.58. The zero-order chi connectivity index (χ0) is 44.5. The van der Waals surface area contributed by atoms with Crippen molar-refractivity contribution in [2.45, 2.75) is 96.3 Å². The molecule has 2 nitrogen and oxygen atoms in total. The summed E-state index contributed by atoms with van der Waals surface area (Å²) in [6, 6.07) is 69.3. The third kappa shape index (κ3) is 5.85. The van der Waals surface area contributed by atoms with E-state index in [1.807, 2.05) is 0 Å². The Morgan fingerprint density at radius 2 is 0.492 bits per heavy atom. The van der Waals surface area contributed by atoms with Crippen LogP contribution in [0.15, 0.2) is 182 Å². The Kier molecular flexibility index (Phi) is 9.99. The summed E-state index contributed by atoms with van der Waals surface area (Å²) in [4.78, 5) is 5.00. The van der Waals surface area contributed by atoms with Gasteiger partial charge in [-0.05, 0) is 178 Å². The van der Waals surface area contributed by atoms with Crippen LogP contribution in [-0.4, -0.2) is 0 Å². The fourth-order valence-electron chi connectivity index (χ4n) is 13.0. The van der Waals surface area contributed by atoms with E-state index in [4.69, 9.17) is 0 Å². The van der Waals surface area contributed by atoms with Gasteiger partial charge in [-0.25, -0.2) is 0 Å². The molecule has 0 saturated heterocycles. The lowest BCUT2D eigenvalue weighted by Crippen LogP contribution is -2.24. The van der Waals surface area contributed by atoms with Crippen molar-refractivity contribution in [2.24, 2.45) is 0 Å². The van der Waals surface area contributed by atoms with Crippen molar-refractivity contribution in [3.05, 3.63) is 215 Å². The number of benzene rings is 8. The van der Waals surface area contributed by atoms with Crippen LogP contribution in [0.5, 0.6) is 0 Å². The average Bonchev–Trinajstić information content (AvgIpc) is 3.93. The first-order valence-electron chi connectivity index (χ1n) is 24.4. The molecule has 0 aromatic heterocycles. The van der Waals surface area contributed by atoms with E-state index in [2.05, 4.69) is 233 Å². The number of rotatable bonds is 12. The summed E-state index contributed by atoms with van der Waals surface area (Å²) in [7, 11) is 0. The zero-order valence-electron chi connectivity index (χ0n) is 39.0. The largest absolute Gasteiger partial charge is 0.310 e. The molecular weight excluding hydrogens is 785 g/mol. The normalized spacial score (nSPS) is 15.0. The summed E-state index contributed by atoms with van der Waals surface area (Å²) in [6.07, 6.45) is 6.28. The van der Waals surface area contributed by atoms with Crippen LogP contribution in [0.4, 0.5) is 34.1 Å². The van der Waals surface area contributed by atoms with Gasteiger partial charge in [0.2, 0.25) is 0 Å². The van der Waals surface area contributed by atoms with Gasteiger partial charge < -0.3 is 9.80 Å². The van der Waals surface area contributed by atoms with E-state index in [0.29, 0.717) is 0 Å². The van der Waals surface area contributed by atoms with Crippen molar-refractivity contribution >= 4 is 34.1 Å². The van der Waals surface area contributed by atoms with Crippen molar-refractivity contribution in [3.8, 4) is 33.4 Å². The molecule has 0 aliphatic heterocycles. The molecule has 3 aliphatic rings. The molecule has 0 unspecified atom stereocenters. The second-order valence-electron chi connectivity index (χ2n) is 18.7. The lowest BCUT2D eigenvalue weighted by Gasteiger charge is -2.34. The molecule has 2 heteroatoms. The summed E-state index contributed by atoms with van der Waals surface area (Å²) < 4.78 is 0. The summed E-state index contributed by atoms with van der Waals surface area (Å²) in [5.41, 5.74) is 23.9. The lowest BCUT2D eigenvalue weighted by atomic mass is 9.73. The minimum atomic E-state index is -0.153. The molecule has 0 radical (unpaired) electrons. The van der Waals surface area contributed by atoms with E-state index in [-0.39, 0.29) is 16.2 Å². The van der Waals surface area contributed by atoms with E-state index >= 15 is 0 Å². The van der Waals surface area contributed by atoms with Crippen LogP contribution in [0.1, 0.15) is 113 Å². The smallest absolute Gasteiger partial charge is 0.0465 e. The molecule has 0 heterocycles. The van der Waals surface area contributed by atoms with Crippen LogP contribution in [0.2, 0.25) is 0 Å². The Hall–Kier alpha value is -6.64. The van der Waals surface area contributed by atoms with Crippen LogP contribution in [0, 0.1) is 0 Å². The second kappa shape index (κ2) is 15.8. The van der Waals surface area contributed by atoms with Gasteiger partial charge in [0, 0.05) is 50.4 Å². The number of nitrogens with zero attached hydrogens (tertiary/aromatic N) is 2. The molecule has 0 saturated carbocycles. The molecule has 11 rings (SSSR count). The van der Waals surface area contributed by atoms with Crippen molar-refractivity contribution in [2.75, 3.05) is 9.80 Å². The van der Waals surface area contributed by atoms with Gasteiger partial charge in [-0.2, -0.15) is 0 Å². The van der Waals surface area contributed by atoms with Crippen LogP contribution < -0.4 is 9.80 Å². The van der Waals surface area contributed by atoms with Gasteiger partial charge in [0.15, 0.2) is 0 Å². The highest BCUT2D eigenvalue weighted by molar-refractivity contribution is 5.91. The van der Waals surface area contributed by atoms with Gasteiger partial charge >= 0.3 is 0 Å². The highest BCUT2D eigenvalue weighted by atomic mass is 15.1. The minimum Gasteiger partial charge on any atom is -0.310 e. The first-order valence-corrected chi connectivity index (χ1v) is 24.4. The lowest BCUT2D eigenvalue weighted by molar-refractivity contribution is 0.490. The van der Waals surface area contributed by atoms with Gasteiger partial charge in [-0.15, -0.1) is 0 Å². The van der Waals surface area contributed by atoms with Crippen molar-refractivity contribution in [1.29, 1.82) is 0 Å². The Morgan fingerprint density at radius 1 is 0.246 bits per heavy atom. The molecule has 0 atom stereocenters. The molecule has 322 valence electrons. The fraction of sp³-hybridized carbons (Fsp3) is 0.238. The summed E-state index contributed by atoms with van der Waals surface area (Å²) in [5, 5.41) is 0. The third-order valence-electron chi connectivity index (χ3n) is 16.5. The molecule has 0 N–H and O–H groups in total. The van der Waals surface area contributed by atoms with Crippen molar-refractivity contribution in [3.63, 3.8) is 0 Å². The summed E-state index contributed by atoms with van der Waals surface area (Å²) >= 11 is 0. The van der Waals surface area contributed by atoms with Gasteiger partial charge in [-0.1, -0.05) is 151 Å². The molecule has 3 aliphatic carbocycles. The minimum absolute atomic E-state index is 0.00525. The van der Waals surface area contributed by atoms with E-state index in [9.17, 15) is 0 Å². The summed E-state index contributed by atoms with van der Waals surface area (Å²) in [5.74, 6) is 0. The second-order valence-corrected chi connectivity index (χ2v) is 18.7. The van der Waals surface area contributed by atoms with E-state index in [1.54, 1.807) is 0 Å². The van der Waals surface area contributed by atoms with E-state index in [0.717, 1.165) is 38.5 Å². The van der Waals surface area contributed by atoms with Crippen LogP contribution in [0.25, 0.3) is 33.4 Å². The van der Waals surface area contributed by atoms with Gasteiger partial charge in [0.25, 0.3) is 0 Å². The summed E-state index contributed by atoms with van der Waals surface area (Å²) in [6.45, 7) is 14.2. The number of fused-ring (bicyclic) bond motifs is 9. The fourth-order valence-corrected chi connectivity index (χ4v) is 13.0. The number of hydrogen-bond acceptors (Lipinski definition) is 2. The third-order valence-corrected chi connectivity index (χ3v) is 16.5. The predicted octanol–water partition coefficient (Wildman–Crippen LogP) is 17.9. The molecular formula is C63H60N2. The maximum atomic E-state index is 2.53. The maximum absolute atomic E-state index is 2.53. The number of para-hydroxylation sites is 2. The molecule has 0 spiro atoms. The SMILES string of the molecule is CCC1(CC)c2ccccc2-c2ccc(N(c3ccccc3)c3ccc4c(c3)C(CC)(CC)c3cc(N(c5ccccc5)c5ccc6c(c5)C(CC)(CC)c5ccccc5-6)ccc3-4)cc21. The molecule has 0 amide bonds. The Bertz CT molecular complexity index is 2870. The first kappa shape index (κ1) is 41.1. The highest BCUT2D eigenvalue weighted by Gasteiger charge is 2.44. The van der Waals surface area contributed by atoms with Crippen LogP contribution >= 0.6 is 0 Å². The van der Waals surface area contributed by atoms with Crippen LogP contribution in [0.3, 0.4) is 0 Å². The molecule has 8 aromatic rings. The van der Waals surface area contributed by atoms with E-state index in [1.165, 1.54) is 101 Å². The zero-order valence-corrected chi connectivity index (χ0v) is 39.0. The van der Waals surface area contributed by atoms with Crippen molar-refractivity contribution in [1.82, 2.24) is 0 Å². The van der Waals surface area contributed by atoms with Crippen molar-refractivity contribution < 1.29 is 0 Å². The van der Waals surface area contributed by atoms with Gasteiger partial charge in [0.05, 0.1) is 0 Å². The van der Waals surface area contributed by atoms with Gasteiger partial charge in [-0.3, -0.25) is 0 Å². The monoisotopic (exact) mass is 844 g/mol. The maximum Gasteiger partial charge on any atom is 0.0465 e. The standard InChI is InChI=1S/C63H60N2/c1-7-61(8-2)55-29-21-19-27-49(55)51-35-31-45(39-57(51)61)64(43-23-15-13-16-24-43)47-33-37-53-54-38-34-48(42-60(54)63(11-5,12-6)59(53)41-47)65(44-25-17-14-18-26-44)46-32-36-52-50-28-20-22-30-56(50)62(9-3,10-4)58(52)40-46/h13-42H,7-12H2,1-6H3. The molecule has 0 bridgehead atoms. The Balaban J connectivity index is 1.04. The topological polar surface area (TPSA) is 6.48 Å². The van der Waals surface area contributed by atoms with Crippen LogP contribution in [-0.2, 0) is 16.2 Å². The molecule has 65 heavy (non-hydrogen) atoms. The quantitative estimate of drug-likeness (QED) is 0.121. The van der Waals surface area contributed by atoms with Gasteiger partial charge in [0.1, 0.15) is 0 Å². The number of anilines is 6. The Morgan fingerprint density at radius 3 is 0.785 bits per heavy atom. The molecule has 8 aromatic carbocycles. The Labute approximate surface area is 387 Å². The number of hydrogen-bond donors (Lipinski definition) is 0.